The molecule has 1 N–H and O–H groups in total. The summed E-state index contributed by atoms with van der Waals surface area (Å²) in [4.78, 5) is 19.3. The van der Waals surface area contributed by atoms with Crippen molar-refractivity contribution in [2.24, 2.45) is 0 Å². The van der Waals surface area contributed by atoms with Crippen molar-refractivity contribution in [2.75, 3.05) is 0 Å². The summed E-state index contributed by atoms with van der Waals surface area (Å²) in [6.45, 7) is 0.319. The first-order valence-electron chi connectivity index (χ1n) is 4.54. The number of aromatic nitrogens is 2. The summed E-state index contributed by atoms with van der Waals surface area (Å²) in [5.74, 6) is -0.149. The Morgan fingerprint density at radius 1 is 1.44 bits per heavy atom. The van der Waals surface area contributed by atoms with Crippen molar-refractivity contribution < 1.29 is 9.21 Å². The molecule has 6 heteroatoms. The van der Waals surface area contributed by atoms with Gasteiger partial charge in [0.05, 0.1) is 12.2 Å². The maximum atomic E-state index is 11.5. The lowest BCUT2D eigenvalue weighted by Gasteiger charge is -2.01. The minimum absolute atomic E-state index is 0.180. The number of carbonyl (C=O) groups excluding carboxylic acids is 1. The third-order valence-electron chi connectivity index (χ3n) is 1.87. The zero-order valence-corrected chi connectivity index (χ0v) is 8.94. The smallest absolute Gasteiger partial charge is 0.287 e. The number of hydrogen-bond acceptors (Lipinski definition) is 4. The standard InChI is InChI=1S/C10H8ClN3O2/c11-9-2-1-8(16-9)10(15)13-5-7-3-4-12-6-14-7/h1-4,6H,5H2,(H,13,15). The minimum Gasteiger partial charge on any atom is -0.440 e. The van der Waals surface area contributed by atoms with E-state index in [0.29, 0.717) is 6.54 Å². The summed E-state index contributed by atoms with van der Waals surface area (Å²) in [6, 6.07) is 4.74. The van der Waals surface area contributed by atoms with Crippen molar-refractivity contribution in [3.05, 3.63) is 47.4 Å². The van der Waals surface area contributed by atoms with Crippen LogP contribution in [-0.2, 0) is 6.54 Å². The average molecular weight is 238 g/mol. The fourth-order valence-corrected chi connectivity index (χ4v) is 1.26. The number of nitrogens with zero attached hydrogens (tertiary/aromatic N) is 2. The van der Waals surface area contributed by atoms with E-state index in [1.165, 1.54) is 18.5 Å². The maximum absolute atomic E-state index is 11.5. The van der Waals surface area contributed by atoms with E-state index in [1.54, 1.807) is 12.3 Å². The van der Waals surface area contributed by atoms with Gasteiger partial charge in [-0.1, -0.05) is 0 Å². The largest absolute Gasteiger partial charge is 0.440 e. The topological polar surface area (TPSA) is 68.0 Å². The van der Waals surface area contributed by atoms with Gasteiger partial charge < -0.3 is 9.73 Å². The molecule has 0 bridgehead atoms. The van der Waals surface area contributed by atoms with Gasteiger partial charge in [-0.2, -0.15) is 0 Å². The Kier molecular flexibility index (Phi) is 3.16. The van der Waals surface area contributed by atoms with Crippen LogP contribution in [0.3, 0.4) is 0 Å². The van der Waals surface area contributed by atoms with Crippen LogP contribution < -0.4 is 5.32 Å². The number of halogens is 1. The van der Waals surface area contributed by atoms with Crippen molar-refractivity contribution in [2.45, 2.75) is 6.54 Å². The van der Waals surface area contributed by atoms with Crippen molar-refractivity contribution in [1.29, 1.82) is 0 Å². The molecule has 16 heavy (non-hydrogen) atoms. The van der Waals surface area contributed by atoms with E-state index in [9.17, 15) is 4.79 Å². The average Bonchev–Trinajstić information content (AvgIpc) is 2.74. The molecule has 0 spiro atoms. The molecule has 5 nitrogen and oxygen atoms in total. The van der Waals surface area contributed by atoms with Crippen LogP contribution in [0.5, 0.6) is 0 Å². The van der Waals surface area contributed by atoms with Crippen molar-refractivity contribution in [1.82, 2.24) is 15.3 Å². The van der Waals surface area contributed by atoms with Gasteiger partial charge in [0, 0.05) is 6.20 Å². The van der Waals surface area contributed by atoms with E-state index < -0.39 is 0 Å². The molecule has 2 aromatic heterocycles. The summed E-state index contributed by atoms with van der Waals surface area (Å²) in [7, 11) is 0. The molecule has 0 saturated carbocycles. The monoisotopic (exact) mass is 237 g/mol. The lowest BCUT2D eigenvalue weighted by molar-refractivity contribution is 0.0923. The molecule has 0 saturated heterocycles. The van der Waals surface area contributed by atoms with Gasteiger partial charge in [-0.3, -0.25) is 4.79 Å². The van der Waals surface area contributed by atoms with E-state index in [0.717, 1.165) is 5.69 Å². The lowest BCUT2D eigenvalue weighted by atomic mass is 10.3. The minimum atomic E-state index is -0.328. The number of nitrogens with one attached hydrogen (secondary N) is 1. The summed E-state index contributed by atoms with van der Waals surface area (Å²) < 4.78 is 4.95. The van der Waals surface area contributed by atoms with E-state index in [4.69, 9.17) is 16.0 Å². The molecule has 0 aromatic carbocycles. The highest BCUT2D eigenvalue weighted by molar-refractivity contribution is 6.29. The SMILES string of the molecule is O=C(NCc1ccncn1)c1ccc(Cl)o1. The van der Waals surface area contributed by atoms with Gasteiger partial charge in [0.1, 0.15) is 6.33 Å². The first kappa shape index (κ1) is 10.6. The van der Waals surface area contributed by atoms with Gasteiger partial charge in [-0.15, -0.1) is 0 Å². The predicted molar refractivity (Wildman–Crippen MR) is 56.9 cm³/mol. The molecule has 0 aliphatic rings. The van der Waals surface area contributed by atoms with Crippen LogP contribution in [0.1, 0.15) is 16.2 Å². The fraction of sp³-hybridized carbons (Fsp3) is 0.100. The maximum Gasteiger partial charge on any atom is 0.287 e. The van der Waals surface area contributed by atoms with Crippen LogP contribution >= 0.6 is 11.6 Å². The molecule has 0 aliphatic carbocycles. The highest BCUT2D eigenvalue weighted by Gasteiger charge is 2.09. The Hall–Kier alpha value is -1.88. The highest BCUT2D eigenvalue weighted by atomic mass is 35.5. The third kappa shape index (κ3) is 2.58. The summed E-state index contributed by atoms with van der Waals surface area (Å²) in [6.07, 6.45) is 3.03. The Labute approximate surface area is 96.5 Å². The molecule has 0 radical (unpaired) electrons. The molecule has 0 fully saturated rings. The number of carbonyl (C=O) groups is 1. The van der Waals surface area contributed by atoms with Crippen LogP contribution in [0.2, 0.25) is 5.22 Å². The molecule has 2 rings (SSSR count). The number of amides is 1. The molecule has 2 heterocycles. The fourth-order valence-electron chi connectivity index (χ4n) is 1.12. The first-order chi connectivity index (χ1) is 7.75. The predicted octanol–water partition coefficient (Wildman–Crippen LogP) is 1.65. The Morgan fingerprint density at radius 2 is 2.31 bits per heavy atom. The molecule has 0 atom stereocenters. The van der Waals surface area contributed by atoms with Crippen molar-refractivity contribution in [3.8, 4) is 0 Å². The van der Waals surface area contributed by atoms with Crippen LogP contribution in [-0.4, -0.2) is 15.9 Å². The van der Waals surface area contributed by atoms with Crippen molar-refractivity contribution in [3.63, 3.8) is 0 Å². The van der Waals surface area contributed by atoms with Gasteiger partial charge in [-0.05, 0) is 29.8 Å². The Morgan fingerprint density at radius 3 is 2.94 bits per heavy atom. The van der Waals surface area contributed by atoms with E-state index in [1.807, 2.05) is 0 Å². The number of rotatable bonds is 3. The van der Waals surface area contributed by atoms with Gasteiger partial charge in [0.15, 0.2) is 11.0 Å². The lowest BCUT2D eigenvalue weighted by Crippen LogP contribution is -2.22. The zero-order chi connectivity index (χ0) is 11.4. The third-order valence-corrected chi connectivity index (χ3v) is 2.07. The second-order valence-electron chi connectivity index (χ2n) is 2.99. The van der Waals surface area contributed by atoms with Gasteiger partial charge in [0.2, 0.25) is 0 Å². The Balaban J connectivity index is 1.94. The van der Waals surface area contributed by atoms with Crippen LogP contribution in [0.4, 0.5) is 0 Å². The van der Waals surface area contributed by atoms with Crippen LogP contribution in [0, 0.1) is 0 Å². The van der Waals surface area contributed by atoms with Gasteiger partial charge in [-0.25, -0.2) is 9.97 Å². The van der Waals surface area contributed by atoms with E-state index in [2.05, 4.69) is 15.3 Å². The number of furan rings is 1. The summed E-state index contributed by atoms with van der Waals surface area (Å²) in [5.41, 5.74) is 0.723. The highest BCUT2D eigenvalue weighted by Crippen LogP contribution is 2.12. The quantitative estimate of drug-likeness (QED) is 0.882. The van der Waals surface area contributed by atoms with Crippen LogP contribution in [0.25, 0.3) is 0 Å². The van der Waals surface area contributed by atoms with Crippen molar-refractivity contribution >= 4 is 17.5 Å². The van der Waals surface area contributed by atoms with Crippen LogP contribution in [0.15, 0.2) is 35.1 Å². The van der Waals surface area contributed by atoms with E-state index >= 15 is 0 Å². The molecular formula is C10H8ClN3O2. The van der Waals surface area contributed by atoms with Gasteiger partial charge in [0.25, 0.3) is 5.91 Å². The zero-order valence-electron chi connectivity index (χ0n) is 8.18. The second-order valence-corrected chi connectivity index (χ2v) is 3.36. The second kappa shape index (κ2) is 4.76. The molecule has 2 aromatic rings. The molecule has 0 unspecified atom stereocenters. The summed E-state index contributed by atoms with van der Waals surface area (Å²) >= 11 is 5.55. The molecule has 0 aliphatic heterocycles. The van der Waals surface area contributed by atoms with E-state index in [-0.39, 0.29) is 16.9 Å². The first-order valence-corrected chi connectivity index (χ1v) is 4.92. The normalized spacial score (nSPS) is 10.1. The molecule has 82 valence electrons. The Bertz CT molecular complexity index is 484. The molecule has 1 amide bonds. The number of hydrogen-bond donors (Lipinski definition) is 1. The molecular weight excluding hydrogens is 230 g/mol. The van der Waals surface area contributed by atoms with Gasteiger partial charge >= 0.3 is 0 Å². The summed E-state index contributed by atoms with van der Waals surface area (Å²) in [5, 5.41) is 2.83.